The van der Waals surface area contributed by atoms with E-state index in [0.717, 1.165) is 31.6 Å². The van der Waals surface area contributed by atoms with E-state index >= 15 is 0 Å². The Hall–Kier alpha value is -0.510. The van der Waals surface area contributed by atoms with Gasteiger partial charge in [-0.3, -0.25) is 0 Å². The summed E-state index contributed by atoms with van der Waals surface area (Å²) in [5.74, 6) is 0. The van der Waals surface area contributed by atoms with E-state index in [1.165, 1.54) is 0 Å². The van der Waals surface area contributed by atoms with E-state index in [1.54, 1.807) is 6.20 Å². The maximum atomic E-state index is 5.92. The van der Waals surface area contributed by atoms with Crippen molar-refractivity contribution in [1.29, 1.82) is 0 Å². The molecule has 1 atom stereocenters. The highest BCUT2D eigenvalue weighted by Gasteiger charge is 2.17. The Morgan fingerprint density at radius 1 is 1.47 bits per heavy atom. The van der Waals surface area contributed by atoms with Gasteiger partial charge in [-0.25, -0.2) is 4.98 Å². The second kappa shape index (κ2) is 4.56. The van der Waals surface area contributed by atoms with Crippen LogP contribution in [0.25, 0.3) is 0 Å². The van der Waals surface area contributed by atoms with Crippen LogP contribution in [-0.4, -0.2) is 24.1 Å². The first-order valence-electron chi connectivity index (χ1n) is 4.98. The summed E-state index contributed by atoms with van der Waals surface area (Å²) >= 11 is 11.7. The fraction of sp³-hybridized carbons (Fsp3) is 0.500. The molecule has 0 aromatic carbocycles. The molecule has 82 valence electrons. The molecule has 0 aliphatic carbocycles. The molecule has 1 saturated heterocycles. The number of hydrogen-bond donors (Lipinski definition) is 1. The summed E-state index contributed by atoms with van der Waals surface area (Å²) in [6.45, 7) is 1.87. The third-order valence-corrected chi connectivity index (χ3v) is 3.29. The Labute approximate surface area is 99.2 Å². The molecule has 5 heteroatoms. The Balaban J connectivity index is 2.18. The SMILES string of the molecule is N[C@H]1CCCN(c2cnc(Cl)c(Cl)c2)C1. The predicted molar refractivity (Wildman–Crippen MR) is 63.7 cm³/mol. The maximum absolute atomic E-state index is 5.92. The maximum Gasteiger partial charge on any atom is 0.147 e. The minimum absolute atomic E-state index is 0.244. The third-order valence-electron chi connectivity index (χ3n) is 2.60. The molecule has 0 bridgehead atoms. The molecule has 0 unspecified atom stereocenters. The topological polar surface area (TPSA) is 42.1 Å². The average molecular weight is 246 g/mol. The highest BCUT2D eigenvalue weighted by Crippen LogP contribution is 2.26. The summed E-state index contributed by atoms with van der Waals surface area (Å²) in [6.07, 6.45) is 3.94. The number of halogens is 2. The first kappa shape index (κ1) is 11.0. The van der Waals surface area contributed by atoms with Crippen LogP contribution in [0.2, 0.25) is 10.2 Å². The largest absolute Gasteiger partial charge is 0.369 e. The van der Waals surface area contributed by atoms with Crippen LogP contribution in [0.1, 0.15) is 12.8 Å². The van der Waals surface area contributed by atoms with Crippen LogP contribution in [-0.2, 0) is 0 Å². The van der Waals surface area contributed by atoms with Crippen molar-refractivity contribution in [2.75, 3.05) is 18.0 Å². The number of hydrogen-bond acceptors (Lipinski definition) is 3. The summed E-state index contributed by atoms with van der Waals surface area (Å²) in [7, 11) is 0. The second-order valence-corrected chi connectivity index (χ2v) is 4.58. The molecule has 15 heavy (non-hydrogen) atoms. The summed E-state index contributed by atoms with van der Waals surface area (Å²) in [6, 6.07) is 2.09. The van der Waals surface area contributed by atoms with Crippen molar-refractivity contribution in [3.05, 3.63) is 22.4 Å². The number of aromatic nitrogens is 1. The van der Waals surface area contributed by atoms with Gasteiger partial charge in [0.05, 0.1) is 16.9 Å². The van der Waals surface area contributed by atoms with Crippen LogP contribution in [0.3, 0.4) is 0 Å². The van der Waals surface area contributed by atoms with Crippen LogP contribution in [0, 0.1) is 0 Å². The third kappa shape index (κ3) is 2.54. The van der Waals surface area contributed by atoms with Gasteiger partial charge in [-0.15, -0.1) is 0 Å². The lowest BCUT2D eigenvalue weighted by Crippen LogP contribution is -2.42. The van der Waals surface area contributed by atoms with E-state index in [9.17, 15) is 0 Å². The van der Waals surface area contributed by atoms with Crippen molar-refractivity contribution < 1.29 is 0 Å². The molecule has 3 nitrogen and oxygen atoms in total. The van der Waals surface area contributed by atoms with E-state index in [0.29, 0.717) is 10.2 Å². The van der Waals surface area contributed by atoms with Gasteiger partial charge in [0, 0.05) is 19.1 Å². The van der Waals surface area contributed by atoms with E-state index in [2.05, 4.69) is 9.88 Å². The molecule has 2 heterocycles. The Bertz CT molecular complexity index is 357. The first-order chi connectivity index (χ1) is 7.16. The van der Waals surface area contributed by atoms with Crippen LogP contribution in [0.4, 0.5) is 5.69 Å². The molecule has 0 saturated carbocycles. The van der Waals surface area contributed by atoms with Crippen LogP contribution in [0.5, 0.6) is 0 Å². The molecule has 0 radical (unpaired) electrons. The Kier molecular flexibility index (Phi) is 3.34. The van der Waals surface area contributed by atoms with Gasteiger partial charge in [0.1, 0.15) is 5.15 Å². The van der Waals surface area contributed by atoms with Gasteiger partial charge >= 0.3 is 0 Å². The molecule has 0 amide bonds. The van der Waals surface area contributed by atoms with Crippen molar-refractivity contribution in [3.8, 4) is 0 Å². The average Bonchev–Trinajstić information content (AvgIpc) is 2.22. The monoisotopic (exact) mass is 245 g/mol. The van der Waals surface area contributed by atoms with Crippen molar-refractivity contribution in [2.45, 2.75) is 18.9 Å². The second-order valence-electron chi connectivity index (χ2n) is 3.81. The van der Waals surface area contributed by atoms with Gasteiger partial charge in [-0.05, 0) is 18.9 Å². The molecule has 1 fully saturated rings. The normalized spacial score (nSPS) is 21.8. The quantitative estimate of drug-likeness (QED) is 0.773. The summed E-state index contributed by atoms with van der Waals surface area (Å²) in [5, 5.41) is 0.843. The van der Waals surface area contributed by atoms with Crippen LogP contribution < -0.4 is 10.6 Å². The van der Waals surface area contributed by atoms with Crippen molar-refractivity contribution >= 4 is 28.9 Å². The van der Waals surface area contributed by atoms with Gasteiger partial charge in [-0.2, -0.15) is 0 Å². The van der Waals surface area contributed by atoms with Crippen molar-refractivity contribution in [3.63, 3.8) is 0 Å². The highest BCUT2D eigenvalue weighted by atomic mass is 35.5. The van der Waals surface area contributed by atoms with E-state index in [-0.39, 0.29) is 6.04 Å². The molecule has 1 aliphatic rings. The van der Waals surface area contributed by atoms with Crippen LogP contribution >= 0.6 is 23.2 Å². The smallest absolute Gasteiger partial charge is 0.147 e. The standard InChI is InChI=1S/C10H13Cl2N3/c11-9-4-8(5-14-10(9)12)15-3-1-2-7(13)6-15/h4-5,7H,1-3,6,13H2/t7-/m0/s1. The lowest BCUT2D eigenvalue weighted by molar-refractivity contribution is 0.506. The van der Waals surface area contributed by atoms with Gasteiger partial charge in [0.2, 0.25) is 0 Å². The molecular formula is C10H13Cl2N3. The van der Waals surface area contributed by atoms with Gasteiger partial charge in [0.15, 0.2) is 0 Å². The zero-order valence-corrected chi connectivity index (χ0v) is 9.80. The van der Waals surface area contributed by atoms with Gasteiger partial charge in [0.25, 0.3) is 0 Å². The predicted octanol–water partition coefficient (Wildman–Crippen LogP) is 2.32. The van der Waals surface area contributed by atoms with E-state index in [1.807, 2.05) is 6.07 Å². The molecular weight excluding hydrogens is 233 g/mol. The molecule has 2 rings (SSSR count). The number of nitrogens with zero attached hydrogens (tertiary/aromatic N) is 2. The lowest BCUT2D eigenvalue weighted by Gasteiger charge is -2.32. The number of anilines is 1. The van der Waals surface area contributed by atoms with Gasteiger partial charge < -0.3 is 10.6 Å². The Morgan fingerprint density at radius 2 is 2.27 bits per heavy atom. The lowest BCUT2D eigenvalue weighted by atomic mass is 10.1. The van der Waals surface area contributed by atoms with Crippen molar-refractivity contribution in [2.24, 2.45) is 5.73 Å². The minimum Gasteiger partial charge on any atom is -0.369 e. The number of rotatable bonds is 1. The molecule has 1 aliphatic heterocycles. The molecule has 1 aromatic rings. The number of pyridine rings is 1. The summed E-state index contributed by atoms with van der Waals surface area (Å²) in [5.41, 5.74) is 6.91. The van der Waals surface area contributed by atoms with E-state index in [4.69, 9.17) is 28.9 Å². The Morgan fingerprint density at radius 3 is 2.93 bits per heavy atom. The summed E-state index contributed by atoms with van der Waals surface area (Å²) in [4.78, 5) is 6.23. The first-order valence-corrected chi connectivity index (χ1v) is 5.74. The minimum atomic E-state index is 0.244. The van der Waals surface area contributed by atoms with Gasteiger partial charge in [-0.1, -0.05) is 23.2 Å². The highest BCUT2D eigenvalue weighted by molar-refractivity contribution is 6.41. The number of nitrogens with two attached hydrogens (primary N) is 1. The molecule has 2 N–H and O–H groups in total. The van der Waals surface area contributed by atoms with E-state index < -0.39 is 0 Å². The zero-order chi connectivity index (χ0) is 10.8. The zero-order valence-electron chi connectivity index (χ0n) is 8.29. The summed E-state index contributed by atoms with van der Waals surface area (Å²) < 4.78 is 0. The molecule has 0 spiro atoms. The fourth-order valence-electron chi connectivity index (χ4n) is 1.83. The number of piperidine rings is 1. The molecule has 1 aromatic heterocycles. The fourth-order valence-corrected chi connectivity index (χ4v) is 2.09. The van der Waals surface area contributed by atoms with Crippen LogP contribution in [0.15, 0.2) is 12.3 Å². The van der Waals surface area contributed by atoms with Crippen molar-refractivity contribution in [1.82, 2.24) is 4.98 Å².